The Morgan fingerprint density at radius 3 is 2.45 bits per heavy atom. The molecule has 0 radical (unpaired) electrons. The number of halogens is 1. The molecule has 0 saturated carbocycles. The van der Waals surface area contributed by atoms with Crippen molar-refractivity contribution in [3.05, 3.63) is 69.3 Å². The Hall–Kier alpha value is -1.79. The fraction of sp³-hybridized carbons (Fsp3) is 0.0714. The summed E-state index contributed by atoms with van der Waals surface area (Å²) in [6.45, 7) is 0. The van der Waals surface area contributed by atoms with Gasteiger partial charge in [-0.3, -0.25) is 0 Å². The first-order chi connectivity index (χ1) is 9.83. The molecule has 0 aliphatic carbocycles. The van der Waals surface area contributed by atoms with Gasteiger partial charge in [-0.1, -0.05) is 30.3 Å². The zero-order chi connectivity index (χ0) is 13.8. The quantitative estimate of drug-likeness (QED) is 0.778. The summed E-state index contributed by atoms with van der Waals surface area (Å²) in [4.78, 5) is 12.9. The van der Waals surface area contributed by atoms with Crippen molar-refractivity contribution >= 4 is 33.2 Å². The van der Waals surface area contributed by atoms with Gasteiger partial charge in [0, 0.05) is 24.0 Å². The Bertz CT molecular complexity index is 655. The minimum absolute atomic E-state index is 0.0441. The van der Waals surface area contributed by atoms with Gasteiger partial charge in [0.25, 0.3) is 0 Å². The first kappa shape index (κ1) is 13.2. The second kappa shape index (κ2) is 6.11. The Balaban J connectivity index is 1.92. The van der Waals surface area contributed by atoms with Gasteiger partial charge in [0.05, 0.1) is 4.47 Å². The zero-order valence-corrected chi connectivity index (χ0v) is 12.8. The van der Waals surface area contributed by atoms with Crippen molar-refractivity contribution < 1.29 is 0 Å². The maximum absolute atomic E-state index is 4.40. The molecular formula is C14H11BrN4S. The molecule has 4 nitrogen and oxygen atoms in total. The molecule has 3 rings (SSSR count). The van der Waals surface area contributed by atoms with Gasteiger partial charge in [0.2, 0.25) is 5.95 Å². The van der Waals surface area contributed by atoms with Crippen LogP contribution in [0.1, 0.15) is 16.6 Å². The highest BCUT2D eigenvalue weighted by atomic mass is 79.9. The first-order valence-electron chi connectivity index (χ1n) is 6.01. The molecule has 1 N–H and O–H groups in total. The lowest BCUT2D eigenvalue weighted by Crippen LogP contribution is -2.13. The van der Waals surface area contributed by atoms with E-state index >= 15 is 0 Å². The van der Waals surface area contributed by atoms with Gasteiger partial charge in [-0.25, -0.2) is 15.0 Å². The number of benzene rings is 1. The molecule has 0 fully saturated rings. The van der Waals surface area contributed by atoms with Crippen molar-refractivity contribution in [3.8, 4) is 0 Å². The molecule has 2 heterocycles. The molecule has 2 aromatic heterocycles. The van der Waals surface area contributed by atoms with Crippen LogP contribution < -0.4 is 5.32 Å². The number of nitrogens with one attached hydrogen (secondary N) is 1. The predicted molar refractivity (Wildman–Crippen MR) is 83.8 cm³/mol. The van der Waals surface area contributed by atoms with Crippen molar-refractivity contribution in [3.63, 3.8) is 0 Å². The van der Waals surface area contributed by atoms with Gasteiger partial charge in [-0.15, -0.1) is 11.3 Å². The lowest BCUT2D eigenvalue weighted by atomic mass is 10.1. The third kappa shape index (κ3) is 3.02. The molecule has 0 spiro atoms. The molecule has 1 atom stereocenters. The number of hydrogen-bond acceptors (Lipinski definition) is 5. The van der Waals surface area contributed by atoms with Crippen LogP contribution in [0.25, 0.3) is 0 Å². The number of hydrogen-bond donors (Lipinski definition) is 1. The summed E-state index contributed by atoms with van der Waals surface area (Å²) in [5, 5.41) is 6.29. The summed E-state index contributed by atoms with van der Waals surface area (Å²) in [7, 11) is 0. The SMILES string of the molecule is Brc1cnc(NC(c2ccccc2)c2nccs2)nc1. The second-order valence-corrected chi connectivity index (χ2v) is 5.93. The van der Waals surface area contributed by atoms with Gasteiger partial charge >= 0.3 is 0 Å². The Morgan fingerprint density at radius 1 is 1.05 bits per heavy atom. The van der Waals surface area contributed by atoms with Crippen LogP contribution >= 0.6 is 27.3 Å². The molecule has 3 aromatic rings. The van der Waals surface area contributed by atoms with Gasteiger partial charge in [-0.05, 0) is 21.5 Å². The molecule has 0 amide bonds. The highest BCUT2D eigenvalue weighted by molar-refractivity contribution is 9.10. The topological polar surface area (TPSA) is 50.7 Å². The van der Waals surface area contributed by atoms with E-state index < -0.39 is 0 Å². The summed E-state index contributed by atoms with van der Waals surface area (Å²) in [6, 6.07) is 10.1. The van der Waals surface area contributed by atoms with E-state index in [0.29, 0.717) is 5.95 Å². The molecule has 0 aliphatic rings. The van der Waals surface area contributed by atoms with E-state index in [-0.39, 0.29) is 6.04 Å². The van der Waals surface area contributed by atoms with Crippen molar-refractivity contribution in [2.45, 2.75) is 6.04 Å². The van der Waals surface area contributed by atoms with E-state index in [1.54, 1.807) is 29.9 Å². The van der Waals surface area contributed by atoms with Crippen molar-refractivity contribution in [1.82, 2.24) is 15.0 Å². The fourth-order valence-corrected chi connectivity index (χ4v) is 2.74. The van der Waals surface area contributed by atoms with Gasteiger partial charge in [0.1, 0.15) is 11.0 Å². The average Bonchev–Trinajstić information content (AvgIpc) is 3.01. The van der Waals surface area contributed by atoms with E-state index in [9.17, 15) is 0 Å². The first-order valence-corrected chi connectivity index (χ1v) is 7.68. The number of aromatic nitrogens is 3. The van der Waals surface area contributed by atoms with Crippen LogP contribution in [-0.4, -0.2) is 15.0 Å². The summed E-state index contributed by atoms with van der Waals surface area (Å²) in [5.41, 5.74) is 1.13. The van der Waals surface area contributed by atoms with Crippen LogP contribution in [0.2, 0.25) is 0 Å². The molecule has 1 aromatic carbocycles. The maximum Gasteiger partial charge on any atom is 0.223 e. The Morgan fingerprint density at radius 2 is 1.80 bits per heavy atom. The lowest BCUT2D eigenvalue weighted by molar-refractivity contribution is 0.893. The molecule has 100 valence electrons. The highest BCUT2D eigenvalue weighted by Gasteiger charge is 2.17. The highest BCUT2D eigenvalue weighted by Crippen LogP contribution is 2.26. The standard InChI is InChI=1S/C14H11BrN4S/c15-11-8-17-14(18-9-11)19-12(13-16-6-7-20-13)10-4-2-1-3-5-10/h1-9,12H,(H,17,18,19). The van der Waals surface area contributed by atoms with Crippen molar-refractivity contribution in [2.24, 2.45) is 0 Å². The van der Waals surface area contributed by atoms with Gasteiger partial charge in [0.15, 0.2) is 0 Å². The van der Waals surface area contributed by atoms with E-state index in [0.717, 1.165) is 15.0 Å². The van der Waals surface area contributed by atoms with Gasteiger partial charge < -0.3 is 5.32 Å². The zero-order valence-electron chi connectivity index (χ0n) is 10.4. The smallest absolute Gasteiger partial charge is 0.223 e. The van der Waals surface area contributed by atoms with E-state index in [1.165, 1.54) is 0 Å². The number of thiazole rings is 1. The van der Waals surface area contributed by atoms with E-state index in [4.69, 9.17) is 0 Å². The van der Waals surface area contributed by atoms with E-state index in [1.807, 2.05) is 23.6 Å². The summed E-state index contributed by atoms with van der Waals surface area (Å²) < 4.78 is 0.855. The predicted octanol–water partition coefficient (Wildman–Crippen LogP) is 3.90. The second-order valence-electron chi connectivity index (χ2n) is 4.08. The van der Waals surface area contributed by atoms with Crippen LogP contribution in [0.3, 0.4) is 0 Å². The van der Waals surface area contributed by atoms with E-state index in [2.05, 4.69) is 48.3 Å². The van der Waals surface area contributed by atoms with Crippen molar-refractivity contribution in [1.29, 1.82) is 0 Å². The molecule has 20 heavy (non-hydrogen) atoms. The normalized spacial score (nSPS) is 12.1. The molecule has 0 saturated heterocycles. The largest absolute Gasteiger partial charge is 0.341 e. The van der Waals surface area contributed by atoms with Crippen molar-refractivity contribution in [2.75, 3.05) is 5.32 Å². The molecule has 6 heteroatoms. The molecule has 0 aliphatic heterocycles. The number of nitrogens with zero attached hydrogens (tertiary/aromatic N) is 3. The third-order valence-electron chi connectivity index (χ3n) is 2.73. The summed E-state index contributed by atoms with van der Waals surface area (Å²) in [6.07, 6.45) is 5.25. The minimum atomic E-state index is -0.0441. The van der Waals surface area contributed by atoms with Gasteiger partial charge in [-0.2, -0.15) is 0 Å². The Labute approximate surface area is 129 Å². The monoisotopic (exact) mass is 346 g/mol. The molecular weight excluding hydrogens is 336 g/mol. The third-order valence-corrected chi connectivity index (χ3v) is 3.97. The Kier molecular flexibility index (Phi) is 4.03. The van der Waals surface area contributed by atoms with Crippen LogP contribution in [0, 0.1) is 0 Å². The van der Waals surface area contributed by atoms with Crippen LogP contribution in [0.5, 0.6) is 0 Å². The summed E-state index contributed by atoms with van der Waals surface area (Å²) >= 11 is 4.94. The van der Waals surface area contributed by atoms with Crippen LogP contribution in [0.4, 0.5) is 5.95 Å². The fourth-order valence-electron chi connectivity index (χ4n) is 1.83. The minimum Gasteiger partial charge on any atom is -0.341 e. The lowest BCUT2D eigenvalue weighted by Gasteiger charge is -2.16. The number of rotatable bonds is 4. The molecule has 0 bridgehead atoms. The molecule has 1 unspecified atom stereocenters. The van der Waals surface area contributed by atoms with Crippen LogP contribution in [-0.2, 0) is 0 Å². The summed E-state index contributed by atoms with van der Waals surface area (Å²) in [5.74, 6) is 0.581. The maximum atomic E-state index is 4.40. The number of anilines is 1. The average molecular weight is 347 g/mol. The van der Waals surface area contributed by atoms with Crippen LogP contribution in [0.15, 0.2) is 58.8 Å².